The predicted octanol–water partition coefficient (Wildman–Crippen LogP) is 4.80. The zero-order chi connectivity index (χ0) is 23.1. The molecule has 1 aliphatic heterocycles. The van der Waals surface area contributed by atoms with Crippen molar-refractivity contribution < 1.29 is 14.6 Å². The van der Waals surface area contributed by atoms with Crippen LogP contribution in [-0.4, -0.2) is 54.3 Å². The van der Waals surface area contributed by atoms with Crippen LogP contribution in [0.5, 0.6) is 5.75 Å². The first-order chi connectivity index (χ1) is 15.4. The molecular formula is C26H35ClN2O3. The smallest absolute Gasteiger partial charge is 0.232 e. The lowest BCUT2D eigenvalue weighted by molar-refractivity contribution is -0.135. The molecule has 1 N–H and O–H groups in total. The first kappa shape index (κ1) is 24.6. The third kappa shape index (κ3) is 5.64. The molecule has 1 heterocycles. The predicted molar refractivity (Wildman–Crippen MR) is 131 cm³/mol. The lowest BCUT2D eigenvalue weighted by Gasteiger charge is -2.42. The normalized spacial score (nSPS) is 17.0. The fraction of sp³-hybridized carbons (Fsp3) is 0.500. The van der Waals surface area contributed by atoms with Gasteiger partial charge in [0, 0.05) is 31.2 Å². The van der Waals surface area contributed by atoms with E-state index < -0.39 is 11.5 Å². The number of aliphatic hydroxyl groups is 1. The van der Waals surface area contributed by atoms with Gasteiger partial charge in [0.2, 0.25) is 5.91 Å². The molecule has 1 atom stereocenters. The quantitative estimate of drug-likeness (QED) is 0.586. The number of carbonyl (C=O) groups is 1. The van der Waals surface area contributed by atoms with Gasteiger partial charge in [-0.2, -0.15) is 0 Å². The second-order valence-corrected chi connectivity index (χ2v) is 8.90. The van der Waals surface area contributed by atoms with Gasteiger partial charge in [0.25, 0.3) is 0 Å². The fourth-order valence-electron chi connectivity index (χ4n) is 4.44. The van der Waals surface area contributed by atoms with Crippen molar-refractivity contribution in [3.8, 4) is 5.75 Å². The Morgan fingerprint density at radius 2 is 1.81 bits per heavy atom. The minimum atomic E-state index is -1.01. The van der Waals surface area contributed by atoms with Crippen LogP contribution in [0.4, 0.5) is 5.69 Å². The first-order valence-electron chi connectivity index (χ1n) is 11.6. The highest BCUT2D eigenvalue weighted by atomic mass is 35.5. The van der Waals surface area contributed by atoms with Crippen molar-refractivity contribution in [3.63, 3.8) is 0 Å². The maximum absolute atomic E-state index is 13.4. The molecule has 0 spiro atoms. The first-order valence-corrected chi connectivity index (χ1v) is 12.0. The SMILES string of the molecule is CCOc1ccccc1N(CC)C(=O)C(C)C1(O)CCN(CCc2ccccc2Cl)CC1. The minimum Gasteiger partial charge on any atom is -0.492 e. The summed E-state index contributed by atoms with van der Waals surface area (Å²) < 4.78 is 5.73. The molecule has 174 valence electrons. The Hall–Kier alpha value is -2.08. The Morgan fingerprint density at radius 1 is 1.16 bits per heavy atom. The van der Waals surface area contributed by atoms with Crippen LogP contribution in [0, 0.1) is 5.92 Å². The van der Waals surface area contributed by atoms with Gasteiger partial charge in [-0.05, 0) is 56.9 Å². The zero-order valence-corrected chi connectivity index (χ0v) is 20.1. The molecule has 1 saturated heterocycles. The van der Waals surface area contributed by atoms with Gasteiger partial charge in [0.05, 0.1) is 23.8 Å². The number of ether oxygens (including phenoxy) is 1. The molecule has 0 saturated carbocycles. The Balaban J connectivity index is 1.62. The molecule has 0 bridgehead atoms. The third-order valence-corrected chi connectivity index (χ3v) is 6.96. The summed E-state index contributed by atoms with van der Waals surface area (Å²) in [6.07, 6.45) is 2.03. The summed E-state index contributed by atoms with van der Waals surface area (Å²) in [7, 11) is 0. The third-order valence-electron chi connectivity index (χ3n) is 6.59. The molecule has 1 unspecified atom stereocenters. The van der Waals surface area contributed by atoms with E-state index in [9.17, 15) is 9.90 Å². The van der Waals surface area contributed by atoms with E-state index in [0.717, 1.165) is 42.3 Å². The summed E-state index contributed by atoms with van der Waals surface area (Å²) >= 11 is 6.28. The number of halogens is 1. The van der Waals surface area contributed by atoms with Gasteiger partial charge in [0.1, 0.15) is 5.75 Å². The highest BCUT2D eigenvalue weighted by molar-refractivity contribution is 6.31. The lowest BCUT2D eigenvalue weighted by atomic mass is 9.79. The monoisotopic (exact) mass is 458 g/mol. The van der Waals surface area contributed by atoms with Crippen LogP contribution in [0.1, 0.15) is 39.2 Å². The number of carbonyl (C=O) groups excluding carboxylic acids is 1. The van der Waals surface area contributed by atoms with Crippen LogP contribution < -0.4 is 9.64 Å². The second-order valence-electron chi connectivity index (χ2n) is 8.49. The van der Waals surface area contributed by atoms with Crippen molar-refractivity contribution in [2.45, 2.75) is 45.6 Å². The van der Waals surface area contributed by atoms with E-state index in [1.165, 1.54) is 0 Å². The van der Waals surface area contributed by atoms with Gasteiger partial charge in [-0.25, -0.2) is 0 Å². The number of para-hydroxylation sites is 2. The molecule has 3 rings (SSSR count). The van der Waals surface area contributed by atoms with E-state index in [0.29, 0.717) is 31.7 Å². The van der Waals surface area contributed by atoms with Crippen LogP contribution in [0.3, 0.4) is 0 Å². The van der Waals surface area contributed by atoms with Crippen LogP contribution in [0.2, 0.25) is 5.02 Å². The number of rotatable bonds is 9. The molecule has 0 radical (unpaired) electrons. The Kier molecular flexibility index (Phi) is 8.57. The Labute approximate surface area is 196 Å². The van der Waals surface area contributed by atoms with Crippen molar-refractivity contribution in [2.24, 2.45) is 5.92 Å². The number of hydrogen-bond acceptors (Lipinski definition) is 4. The van der Waals surface area contributed by atoms with Crippen molar-refractivity contribution in [3.05, 3.63) is 59.1 Å². The number of nitrogens with zero attached hydrogens (tertiary/aromatic N) is 2. The average Bonchev–Trinajstić information content (AvgIpc) is 2.81. The summed E-state index contributed by atoms with van der Waals surface area (Å²) in [5.74, 6) is 0.133. The topological polar surface area (TPSA) is 53.0 Å². The summed E-state index contributed by atoms with van der Waals surface area (Å²) in [5.41, 5.74) is 0.894. The molecule has 2 aromatic carbocycles. The Morgan fingerprint density at radius 3 is 2.47 bits per heavy atom. The molecule has 1 amide bonds. The van der Waals surface area contributed by atoms with Crippen molar-refractivity contribution in [1.29, 1.82) is 0 Å². The van der Waals surface area contributed by atoms with E-state index in [1.54, 1.807) is 4.90 Å². The van der Waals surface area contributed by atoms with Crippen molar-refractivity contribution in [1.82, 2.24) is 4.90 Å². The van der Waals surface area contributed by atoms with Crippen LogP contribution >= 0.6 is 11.6 Å². The number of benzene rings is 2. The van der Waals surface area contributed by atoms with Gasteiger partial charge in [-0.3, -0.25) is 4.79 Å². The van der Waals surface area contributed by atoms with Crippen molar-refractivity contribution in [2.75, 3.05) is 37.7 Å². The van der Waals surface area contributed by atoms with E-state index >= 15 is 0 Å². The van der Waals surface area contributed by atoms with Crippen LogP contribution in [-0.2, 0) is 11.2 Å². The maximum atomic E-state index is 13.4. The molecule has 32 heavy (non-hydrogen) atoms. The number of amides is 1. The number of piperidine rings is 1. The second kappa shape index (κ2) is 11.2. The maximum Gasteiger partial charge on any atom is 0.232 e. The number of hydrogen-bond donors (Lipinski definition) is 1. The van der Waals surface area contributed by atoms with Crippen molar-refractivity contribution >= 4 is 23.2 Å². The molecule has 0 aromatic heterocycles. The summed E-state index contributed by atoms with van der Waals surface area (Å²) in [6.45, 7) is 9.22. The Bertz CT molecular complexity index is 896. The summed E-state index contributed by atoms with van der Waals surface area (Å²) in [5, 5.41) is 12.2. The molecule has 6 heteroatoms. The van der Waals surface area contributed by atoms with Gasteiger partial charge in [-0.1, -0.05) is 48.9 Å². The zero-order valence-electron chi connectivity index (χ0n) is 19.4. The van der Waals surface area contributed by atoms with E-state index in [4.69, 9.17) is 16.3 Å². The summed E-state index contributed by atoms with van der Waals surface area (Å²) in [6, 6.07) is 15.5. The molecular weight excluding hydrogens is 424 g/mol. The number of likely N-dealkylation sites (tertiary alicyclic amines) is 1. The minimum absolute atomic E-state index is 0.0633. The highest BCUT2D eigenvalue weighted by Crippen LogP contribution is 2.35. The van der Waals surface area contributed by atoms with E-state index in [2.05, 4.69) is 11.0 Å². The summed E-state index contributed by atoms with van der Waals surface area (Å²) in [4.78, 5) is 17.5. The van der Waals surface area contributed by atoms with E-state index in [-0.39, 0.29) is 5.91 Å². The fourth-order valence-corrected chi connectivity index (χ4v) is 4.67. The lowest BCUT2D eigenvalue weighted by Crippen LogP contribution is -2.53. The highest BCUT2D eigenvalue weighted by Gasteiger charge is 2.42. The van der Waals surface area contributed by atoms with Gasteiger partial charge in [0.15, 0.2) is 0 Å². The van der Waals surface area contributed by atoms with Gasteiger partial charge < -0.3 is 19.6 Å². The number of anilines is 1. The average molecular weight is 459 g/mol. The van der Waals surface area contributed by atoms with Crippen LogP contribution in [0.25, 0.3) is 0 Å². The standard InChI is InChI=1S/C26H35ClN2O3/c1-4-29(23-12-8-9-13-24(23)32-5-2)25(30)20(3)26(31)15-18-28(19-16-26)17-14-21-10-6-7-11-22(21)27/h6-13,20,31H,4-5,14-19H2,1-3H3. The molecule has 0 aliphatic carbocycles. The molecule has 1 fully saturated rings. The molecule has 1 aliphatic rings. The van der Waals surface area contributed by atoms with Crippen LogP contribution in [0.15, 0.2) is 48.5 Å². The molecule has 2 aromatic rings. The van der Waals surface area contributed by atoms with Gasteiger partial charge >= 0.3 is 0 Å². The largest absolute Gasteiger partial charge is 0.492 e. The molecule has 5 nitrogen and oxygen atoms in total. The van der Waals surface area contributed by atoms with E-state index in [1.807, 2.05) is 63.2 Å². The van der Waals surface area contributed by atoms with Gasteiger partial charge in [-0.15, -0.1) is 0 Å².